The Morgan fingerprint density at radius 2 is 1.90 bits per heavy atom. The molecule has 1 heterocycles. The molecular weight excluding hydrogens is 305 g/mol. The number of hydrogen-bond donors (Lipinski definition) is 1. The Kier molecular flexibility index (Phi) is 5.06. The van der Waals surface area contributed by atoms with Crippen molar-refractivity contribution in [3.8, 4) is 0 Å². The third-order valence-corrected chi connectivity index (χ3v) is 4.11. The van der Waals surface area contributed by atoms with Gasteiger partial charge in [-0.2, -0.15) is 13.2 Å². The summed E-state index contributed by atoms with van der Waals surface area (Å²) in [6.45, 7) is 3.28. The molecule has 0 aliphatic rings. The molecule has 1 aromatic carbocycles. The van der Waals surface area contributed by atoms with E-state index in [9.17, 15) is 13.2 Å². The zero-order valence-electron chi connectivity index (χ0n) is 10.7. The predicted octanol–water partition coefficient (Wildman–Crippen LogP) is 4.35. The van der Waals surface area contributed by atoms with Crippen LogP contribution in [-0.2, 0) is 13.1 Å². The number of thioether (sulfide) groups is 1. The number of rotatable bonds is 5. The van der Waals surface area contributed by atoms with E-state index in [-0.39, 0.29) is 16.7 Å². The topological polar surface area (TPSA) is 24.9 Å². The van der Waals surface area contributed by atoms with Crippen molar-refractivity contribution in [1.82, 2.24) is 10.3 Å². The maximum absolute atomic E-state index is 12.2. The van der Waals surface area contributed by atoms with E-state index in [2.05, 4.69) is 10.3 Å². The lowest BCUT2D eigenvalue weighted by molar-refractivity contribution is -0.0328. The Morgan fingerprint density at radius 3 is 2.45 bits per heavy atom. The number of nitrogens with zero attached hydrogens (tertiary/aromatic N) is 1. The van der Waals surface area contributed by atoms with Crippen molar-refractivity contribution in [3.05, 3.63) is 45.9 Å². The van der Waals surface area contributed by atoms with Gasteiger partial charge in [0.25, 0.3) is 0 Å². The second kappa shape index (κ2) is 6.60. The molecule has 7 heteroatoms. The summed E-state index contributed by atoms with van der Waals surface area (Å²) in [7, 11) is 0. The summed E-state index contributed by atoms with van der Waals surface area (Å²) >= 11 is 1.54. The SMILES string of the molecule is Cc1ncc(CNCc2ccc(SC(F)(F)F)cc2)s1. The van der Waals surface area contributed by atoms with Gasteiger partial charge in [0.2, 0.25) is 0 Å². The Labute approximate surface area is 123 Å². The first kappa shape index (κ1) is 15.3. The van der Waals surface area contributed by atoms with Crippen LogP contribution in [0, 0.1) is 6.92 Å². The summed E-state index contributed by atoms with van der Waals surface area (Å²) in [5, 5.41) is 4.26. The molecule has 0 fully saturated rings. The van der Waals surface area contributed by atoms with Crippen LogP contribution in [0.3, 0.4) is 0 Å². The lowest BCUT2D eigenvalue weighted by Gasteiger charge is -2.07. The molecule has 0 saturated heterocycles. The molecule has 0 unspecified atom stereocenters. The van der Waals surface area contributed by atoms with Crippen molar-refractivity contribution in [2.24, 2.45) is 0 Å². The second-order valence-corrected chi connectivity index (χ2v) is 6.60. The highest BCUT2D eigenvalue weighted by molar-refractivity contribution is 8.00. The van der Waals surface area contributed by atoms with E-state index in [4.69, 9.17) is 0 Å². The average Bonchev–Trinajstić information content (AvgIpc) is 2.75. The van der Waals surface area contributed by atoms with Gasteiger partial charge in [-0.3, -0.25) is 0 Å². The highest BCUT2D eigenvalue weighted by Gasteiger charge is 2.28. The summed E-state index contributed by atoms with van der Waals surface area (Å²) in [4.78, 5) is 5.51. The summed E-state index contributed by atoms with van der Waals surface area (Å²) in [6.07, 6.45) is 1.83. The molecule has 0 atom stereocenters. The van der Waals surface area contributed by atoms with Crippen LogP contribution in [0.25, 0.3) is 0 Å². The Bertz CT molecular complexity index is 549. The Balaban J connectivity index is 1.82. The molecule has 108 valence electrons. The van der Waals surface area contributed by atoms with Gasteiger partial charge >= 0.3 is 5.51 Å². The van der Waals surface area contributed by atoms with E-state index in [1.165, 1.54) is 12.1 Å². The standard InChI is InChI=1S/C13H13F3N2S2/c1-9-18-8-12(19-9)7-17-6-10-2-4-11(5-3-10)20-13(14,15)16/h2-5,8,17H,6-7H2,1H3. The van der Waals surface area contributed by atoms with E-state index in [0.717, 1.165) is 15.4 Å². The molecule has 2 aromatic rings. The van der Waals surface area contributed by atoms with Crippen molar-refractivity contribution < 1.29 is 13.2 Å². The molecule has 0 amide bonds. The molecule has 20 heavy (non-hydrogen) atoms. The fourth-order valence-corrected chi connectivity index (χ4v) is 2.93. The maximum Gasteiger partial charge on any atom is 0.446 e. The van der Waals surface area contributed by atoms with E-state index in [0.29, 0.717) is 13.1 Å². The van der Waals surface area contributed by atoms with Gasteiger partial charge in [-0.25, -0.2) is 4.98 Å². The zero-order valence-corrected chi connectivity index (χ0v) is 12.3. The van der Waals surface area contributed by atoms with Crippen molar-refractivity contribution in [3.63, 3.8) is 0 Å². The monoisotopic (exact) mass is 318 g/mol. The van der Waals surface area contributed by atoms with Crippen molar-refractivity contribution in [1.29, 1.82) is 0 Å². The molecule has 0 radical (unpaired) electrons. The number of alkyl halides is 3. The van der Waals surface area contributed by atoms with Crippen LogP contribution < -0.4 is 5.32 Å². The first-order valence-electron chi connectivity index (χ1n) is 5.89. The lowest BCUT2D eigenvalue weighted by atomic mass is 10.2. The molecule has 0 spiro atoms. The zero-order chi connectivity index (χ0) is 14.6. The van der Waals surface area contributed by atoms with Gasteiger partial charge in [-0.05, 0) is 36.4 Å². The van der Waals surface area contributed by atoms with Gasteiger partial charge in [0, 0.05) is 29.1 Å². The minimum Gasteiger partial charge on any atom is -0.308 e. The first-order valence-corrected chi connectivity index (χ1v) is 7.52. The minimum atomic E-state index is -4.23. The van der Waals surface area contributed by atoms with E-state index >= 15 is 0 Å². The molecular formula is C13H13F3N2S2. The van der Waals surface area contributed by atoms with Crippen molar-refractivity contribution >= 4 is 23.1 Å². The molecule has 0 aliphatic carbocycles. The smallest absolute Gasteiger partial charge is 0.308 e. The first-order chi connectivity index (χ1) is 9.42. The number of halogens is 3. The number of benzene rings is 1. The quantitative estimate of drug-likeness (QED) is 0.830. The van der Waals surface area contributed by atoms with Crippen LogP contribution >= 0.6 is 23.1 Å². The summed E-state index contributed by atoms with van der Waals surface area (Å²) in [5.41, 5.74) is -3.28. The van der Waals surface area contributed by atoms with Crippen LogP contribution in [0.4, 0.5) is 13.2 Å². The fourth-order valence-electron chi connectivity index (χ4n) is 1.63. The molecule has 1 aromatic heterocycles. The van der Waals surface area contributed by atoms with Crippen LogP contribution in [0.1, 0.15) is 15.4 Å². The molecule has 1 N–H and O–H groups in total. The molecule has 2 rings (SSSR count). The normalized spacial score (nSPS) is 11.8. The summed E-state index contributed by atoms with van der Waals surface area (Å²) in [5.74, 6) is 0. The molecule has 2 nitrogen and oxygen atoms in total. The summed E-state index contributed by atoms with van der Waals surface area (Å²) in [6, 6.07) is 6.40. The number of aromatic nitrogens is 1. The average molecular weight is 318 g/mol. The van der Waals surface area contributed by atoms with Crippen LogP contribution in [0.15, 0.2) is 35.4 Å². The predicted molar refractivity (Wildman–Crippen MR) is 75.7 cm³/mol. The maximum atomic E-state index is 12.2. The third-order valence-electron chi connectivity index (χ3n) is 2.45. The molecule has 0 saturated carbocycles. The van der Waals surface area contributed by atoms with Crippen LogP contribution in [0.5, 0.6) is 0 Å². The number of hydrogen-bond acceptors (Lipinski definition) is 4. The van der Waals surface area contributed by atoms with Crippen LogP contribution in [0.2, 0.25) is 0 Å². The van der Waals surface area contributed by atoms with Gasteiger partial charge in [0.15, 0.2) is 0 Å². The highest BCUT2D eigenvalue weighted by atomic mass is 32.2. The van der Waals surface area contributed by atoms with Gasteiger partial charge in [0.05, 0.1) is 5.01 Å². The fraction of sp³-hybridized carbons (Fsp3) is 0.308. The number of aryl methyl sites for hydroxylation is 1. The largest absolute Gasteiger partial charge is 0.446 e. The molecule has 0 bridgehead atoms. The molecule has 0 aliphatic heterocycles. The Morgan fingerprint density at radius 1 is 1.20 bits per heavy atom. The van der Waals surface area contributed by atoms with E-state index < -0.39 is 5.51 Å². The Hall–Kier alpha value is -1.05. The minimum absolute atomic E-state index is 0.0941. The van der Waals surface area contributed by atoms with E-state index in [1.807, 2.05) is 13.1 Å². The number of thiazole rings is 1. The van der Waals surface area contributed by atoms with Gasteiger partial charge in [-0.15, -0.1) is 11.3 Å². The van der Waals surface area contributed by atoms with Gasteiger partial charge < -0.3 is 5.32 Å². The van der Waals surface area contributed by atoms with Crippen molar-refractivity contribution in [2.45, 2.75) is 30.4 Å². The lowest BCUT2D eigenvalue weighted by Crippen LogP contribution is -2.11. The van der Waals surface area contributed by atoms with Crippen molar-refractivity contribution in [2.75, 3.05) is 0 Å². The third kappa shape index (κ3) is 5.15. The van der Waals surface area contributed by atoms with Crippen LogP contribution in [-0.4, -0.2) is 10.5 Å². The number of nitrogens with one attached hydrogen (secondary N) is 1. The highest BCUT2D eigenvalue weighted by Crippen LogP contribution is 2.36. The van der Waals surface area contributed by atoms with Gasteiger partial charge in [0.1, 0.15) is 0 Å². The summed E-state index contributed by atoms with van der Waals surface area (Å²) < 4.78 is 36.5. The van der Waals surface area contributed by atoms with E-state index in [1.54, 1.807) is 23.5 Å². The van der Waals surface area contributed by atoms with Gasteiger partial charge in [-0.1, -0.05) is 12.1 Å². The second-order valence-electron chi connectivity index (χ2n) is 4.14.